The number of nitrogens with zero attached hydrogens (tertiary/aromatic N) is 1. The Kier molecular flexibility index (Phi) is 6.28. The number of esters is 1. The summed E-state index contributed by atoms with van der Waals surface area (Å²) in [5.41, 5.74) is 0.703. The third-order valence-corrected chi connectivity index (χ3v) is 5.48. The van der Waals surface area contributed by atoms with E-state index in [4.69, 9.17) is 9.47 Å². The van der Waals surface area contributed by atoms with Gasteiger partial charge in [0.15, 0.2) is 5.78 Å². The van der Waals surface area contributed by atoms with E-state index in [0.717, 1.165) is 6.26 Å². The van der Waals surface area contributed by atoms with Gasteiger partial charge < -0.3 is 9.47 Å². The molecule has 1 heterocycles. The zero-order valence-electron chi connectivity index (χ0n) is 15.5. The largest absolute Gasteiger partial charge is 0.489 e. The Hall–Kier alpha value is -2.09. The maximum atomic E-state index is 13.0. The quantitative estimate of drug-likeness (QED) is 0.530. The molecule has 0 saturated carbocycles. The fourth-order valence-corrected chi connectivity index (χ4v) is 3.84. The van der Waals surface area contributed by atoms with Crippen LogP contribution in [0.25, 0.3) is 0 Å². The van der Waals surface area contributed by atoms with Crippen molar-refractivity contribution in [1.82, 2.24) is 0 Å². The van der Waals surface area contributed by atoms with Crippen LogP contribution in [0.1, 0.15) is 37.6 Å². The molecule has 0 aromatic heterocycles. The monoisotopic (exact) mass is 383 g/mol. The lowest BCUT2D eigenvalue weighted by Gasteiger charge is -2.30. The molecule has 0 saturated heterocycles. The zero-order valence-corrected chi connectivity index (χ0v) is 16.3. The lowest BCUT2D eigenvalue weighted by atomic mass is 9.85. The van der Waals surface area contributed by atoms with Gasteiger partial charge in [-0.25, -0.2) is 8.42 Å². The Labute approximate surface area is 154 Å². The molecule has 1 aromatic carbocycles. The molecule has 1 atom stereocenters. The van der Waals surface area contributed by atoms with Gasteiger partial charge >= 0.3 is 5.97 Å². The number of rotatable bonds is 7. The van der Waals surface area contributed by atoms with Gasteiger partial charge in [-0.15, -0.1) is 0 Å². The van der Waals surface area contributed by atoms with Crippen LogP contribution in [0.3, 0.4) is 0 Å². The topological polar surface area (TPSA) is 90.0 Å². The molecule has 26 heavy (non-hydrogen) atoms. The summed E-state index contributed by atoms with van der Waals surface area (Å²) < 4.78 is 35.7. The van der Waals surface area contributed by atoms with Gasteiger partial charge in [-0.2, -0.15) is 0 Å². The van der Waals surface area contributed by atoms with E-state index in [1.54, 1.807) is 19.1 Å². The number of anilines is 1. The summed E-state index contributed by atoms with van der Waals surface area (Å²) in [7, 11) is -3.48. The van der Waals surface area contributed by atoms with E-state index in [2.05, 4.69) is 0 Å². The maximum absolute atomic E-state index is 13.0. The molecule has 1 aliphatic rings. The van der Waals surface area contributed by atoms with E-state index in [9.17, 15) is 18.0 Å². The number of carbonyl (C=O) groups excluding carboxylic acids is 2. The summed E-state index contributed by atoms with van der Waals surface area (Å²) >= 11 is 0. The highest BCUT2D eigenvalue weighted by atomic mass is 32.2. The van der Waals surface area contributed by atoms with Gasteiger partial charge in [0.2, 0.25) is 10.0 Å². The molecule has 2 rings (SSSR count). The first-order valence-electron chi connectivity index (χ1n) is 8.59. The summed E-state index contributed by atoms with van der Waals surface area (Å²) in [4.78, 5) is 24.8. The fraction of sp³-hybridized carbons (Fsp3) is 0.556. The molecule has 0 radical (unpaired) electrons. The van der Waals surface area contributed by atoms with Gasteiger partial charge in [-0.3, -0.25) is 13.9 Å². The van der Waals surface area contributed by atoms with Crippen molar-refractivity contribution in [1.29, 1.82) is 0 Å². The van der Waals surface area contributed by atoms with Crippen molar-refractivity contribution in [2.75, 3.05) is 30.3 Å². The maximum Gasteiger partial charge on any atom is 0.306 e. The second kappa shape index (κ2) is 8.07. The van der Waals surface area contributed by atoms with Crippen LogP contribution in [-0.2, 0) is 19.6 Å². The Morgan fingerprint density at radius 3 is 2.58 bits per heavy atom. The SMILES string of the molecule is CCOC(=O)CC(C(=O)c1ccc2c(c1)N(S(C)(=O)=O)CCO2)C(C)C. The summed E-state index contributed by atoms with van der Waals surface area (Å²) in [5.74, 6) is -0.813. The summed E-state index contributed by atoms with van der Waals surface area (Å²) in [6.45, 7) is 6.16. The minimum Gasteiger partial charge on any atom is -0.489 e. The number of hydrogen-bond acceptors (Lipinski definition) is 6. The normalized spacial score (nSPS) is 15.2. The highest BCUT2D eigenvalue weighted by Gasteiger charge is 2.30. The third-order valence-electron chi connectivity index (χ3n) is 4.30. The van der Waals surface area contributed by atoms with E-state index in [1.165, 1.54) is 10.4 Å². The van der Waals surface area contributed by atoms with E-state index >= 15 is 0 Å². The fourth-order valence-electron chi connectivity index (χ4n) is 2.94. The van der Waals surface area contributed by atoms with E-state index in [0.29, 0.717) is 17.0 Å². The van der Waals surface area contributed by atoms with Crippen LogP contribution in [0.5, 0.6) is 5.75 Å². The highest BCUT2D eigenvalue weighted by molar-refractivity contribution is 7.92. The minimum absolute atomic E-state index is 0.00623. The van der Waals surface area contributed by atoms with Crippen molar-refractivity contribution < 1.29 is 27.5 Å². The molecule has 0 bridgehead atoms. The van der Waals surface area contributed by atoms with Crippen molar-refractivity contribution in [3.05, 3.63) is 23.8 Å². The molecule has 144 valence electrons. The Bertz CT molecular complexity index is 787. The van der Waals surface area contributed by atoms with Crippen molar-refractivity contribution in [2.45, 2.75) is 27.2 Å². The van der Waals surface area contributed by atoms with Crippen LogP contribution in [-0.4, -0.2) is 46.2 Å². The van der Waals surface area contributed by atoms with Gasteiger partial charge in [0, 0.05) is 11.5 Å². The Morgan fingerprint density at radius 2 is 2.00 bits per heavy atom. The number of ketones is 1. The zero-order chi connectivity index (χ0) is 19.5. The second-order valence-corrected chi connectivity index (χ2v) is 8.50. The van der Waals surface area contributed by atoms with E-state index < -0.39 is 21.9 Å². The summed E-state index contributed by atoms with van der Waals surface area (Å²) in [6, 6.07) is 4.73. The first-order valence-corrected chi connectivity index (χ1v) is 10.4. The smallest absolute Gasteiger partial charge is 0.306 e. The predicted octanol–water partition coefficient (Wildman–Crippen LogP) is 2.25. The standard InChI is InChI=1S/C18H25NO6S/c1-5-24-17(20)11-14(12(2)3)18(21)13-6-7-16-15(10-13)19(8-9-25-16)26(4,22)23/h6-7,10,12,14H,5,8-9,11H2,1-4H3. The van der Waals surface area contributed by atoms with Crippen LogP contribution >= 0.6 is 0 Å². The van der Waals surface area contributed by atoms with Crippen molar-refractivity contribution in [3.63, 3.8) is 0 Å². The molecule has 7 nitrogen and oxygen atoms in total. The number of ether oxygens (including phenoxy) is 2. The predicted molar refractivity (Wildman–Crippen MR) is 98.0 cm³/mol. The molecule has 0 aliphatic carbocycles. The number of Topliss-reactive ketones (excluding diaryl/α,β-unsaturated/α-hetero) is 1. The third kappa shape index (κ3) is 4.55. The van der Waals surface area contributed by atoms with Gasteiger partial charge in [0.1, 0.15) is 12.4 Å². The molecule has 8 heteroatoms. The molecule has 1 aliphatic heterocycles. The van der Waals surface area contributed by atoms with Gasteiger partial charge in [0.05, 0.1) is 31.5 Å². The summed E-state index contributed by atoms with van der Waals surface area (Å²) in [5, 5.41) is 0. The first kappa shape index (κ1) is 20.2. The van der Waals surface area contributed by atoms with E-state index in [1.807, 2.05) is 13.8 Å². The average molecular weight is 383 g/mol. The number of fused-ring (bicyclic) bond motifs is 1. The molecular formula is C18H25NO6S. The van der Waals surface area contributed by atoms with Crippen LogP contribution in [0, 0.1) is 11.8 Å². The Balaban J connectivity index is 2.35. The number of carbonyl (C=O) groups is 2. The van der Waals surface area contributed by atoms with Crippen molar-refractivity contribution in [3.8, 4) is 5.75 Å². The first-order chi connectivity index (χ1) is 12.1. The average Bonchev–Trinajstić information content (AvgIpc) is 2.57. The van der Waals surface area contributed by atoms with Crippen LogP contribution in [0.2, 0.25) is 0 Å². The van der Waals surface area contributed by atoms with Crippen molar-refractivity contribution >= 4 is 27.5 Å². The van der Waals surface area contributed by atoms with Gasteiger partial charge in [-0.05, 0) is 31.0 Å². The van der Waals surface area contributed by atoms with Gasteiger partial charge in [0.25, 0.3) is 0 Å². The molecule has 0 N–H and O–H groups in total. The van der Waals surface area contributed by atoms with Crippen LogP contribution < -0.4 is 9.04 Å². The summed E-state index contributed by atoms with van der Waals surface area (Å²) in [6.07, 6.45) is 1.11. The Morgan fingerprint density at radius 1 is 1.31 bits per heavy atom. The highest BCUT2D eigenvalue weighted by Crippen LogP contribution is 2.35. The minimum atomic E-state index is -3.48. The lowest BCUT2D eigenvalue weighted by molar-refractivity contribution is -0.144. The molecule has 0 fully saturated rings. The number of hydrogen-bond donors (Lipinski definition) is 0. The molecule has 1 unspecified atom stereocenters. The van der Waals surface area contributed by atoms with Crippen molar-refractivity contribution in [2.24, 2.45) is 11.8 Å². The van der Waals surface area contributed by atoms with Crippen LogP contribution in [0.15, 0.2) is 18.2 Å². The van der Waals surface area contributed by atoms with E-state index in [-0.39, 0.29) is 37.9 Å². The lowest BCUT2D eigenvalue weighted by Crippen LogP contribution is -2.37. The van der Waals surface area contributed by atoms with Crippen LogP contribution in [0.4, 0.5) is 5.69 Å². The molecular weight excluding hydrogens is 358 g/mol. The molecule has 0 spiro atoms. The number of sulfonamides is 1. The number of benzene rings is 1. The molecule has 1 aromatic rings. The molecule has 0 amide bonds. The van der Waals surface area contributed by atoms with Gasteiger partial charge in [-0.1, -0.05) is 13.8 Å². The second-order valence-electron chi connectivity index (χ2n) is 6.59.